The maximum absolute atomic E-state index is 5.71. The number of aromatic nitrogens is 2. The molecule has 0 aliphatic carbocycles. The quantitative estimate of drug-likeness (QED) is 0.544. The SMILES string of the molecule is CN(C)c1ncc(N2CCOCC2)cc1SNc1cncc(-c2ccc(CN)cc2)c1. The van der Waals surface area contributed by atoms with Crippen molar-refractivity contribution in [3.8, 4) is 11.1 Å². The molecule has 0 saturated carbocycles. The van der Waals surface area contributed by atoms with E-state index in [1.165, 1.54) is 0 Å². The first kappa shape index (κ1) is 21.4. The number of benzene rings is 1. The highest BCUT2D eigenvalue weighted by Crippen LogP contribution is 2.33. The van der Waals surface area contributed by atoms with E-state index in [1.54, 1.807) is 11.9 Å². The molecular weight excluding hydrogens is 408 g/mol. The summed E-state index contributed by atoms with van der Waals surface area (Å²) in [5.74, 6) is 0.927. The first-order chi connectivity index (χ1) is 15.1. The van der Waals surface area contributed by atoms with Gasteiger partial charge in [0, 0.05) is 45.5 Å². The van der Waals surface area contributed by atoms with Crippen molar-refractivity contribution in [1.82, 2.24) is 9.97 Å². The highest BCUT2D eigenvalue weighted by molar-refractivity contribution is 8.00. The van der Waals surface area contributed by atoms with Crippen molar-refractivity contribution in [3.05, 3.63) is 60.6 Å². The van der Waals surface area contributed by atoms with Gasteiger partial charge in [-0.25, -0.2) is 4.98 Å². The molecule has 1 fully saturated rings. The maximum atomic E-state index is 5.71. The summed E-state index contributed by atoms with van der Waals surface area (Å²) in [5, 5.41) is 0. The Balaban J connectivity index is 1.52. The third-order valence-corrected chi connectivity index (χ3v) is 6.02. The van der Waals surface area contributed by atoms with Crippen LogP contribution in [0, 0.1) is 0 Å². The summed E-state index contributed by atoms with van der Waals surface area (Å²) in [6.45, 7) is 3.81. The van der Waals surface area contributed by atoms with Crippen LogP contribution in [0.15, 0.2) is 59.9 Å². The van der Waals surface area contributed by atoms with Crippen molar-refractivity contribution in [1.29, 1.82) is 0 Å². The number of ether oxygens (including phenoxy) is 1. The van der Waals surface area contributed by atoms with Crippen LogP contribution < -0.4 is 20.3 Å². The molecule has 3 N–H and O–H groups in total. The molecule has 4 rings (SSSR count). The number of hydrogen-bond donors (Lipinski definition) is 2. The van der Waals surface area contributed by atoms with E-state index in [0.717, 1.165) is 65.1 Å². The van der Waals surface area contributed by atoms with E-state index in [2.05, 4.69) is 51.0 Å². The Morgan fingerprint density at radius 1 is 1.06 bits per heavy atom. The Bertz CT molecular complexity index is 1010. The minimum absolute atomic E-state index is 0.544. The average molecular weight is 437 g/mol. The van der Waals surface area contributed by atoms with Gasteiger partial charge in [0.05, 0.1) is 41.9 Å². The van der Waals surface area contributed by atoms with Crippen LogP contribution in [0.3, 0.4) is 0 Å². The summed E-state index contributed by atoms with van der Waals surface area (Å²) in [6.07, 6.45) is 5.65. The molecule has 1 aromatic carbocycles. The molecule has 1 saturated heterocycles. The zero-order chi connectivity index (χ0) is 21.6. The molecule has 0 radical (unpaired) electrons. The van der Waals surface area contributed by atoms with Gasteiger partial charge in [-0.15, -0.1) is 0 Å². The molecule has 31 heavy (non-hydrogen) atoms. The topological polar surface area (TPSA) is 79.5 Å². The molecule has 7 nitrogen and oxygen atoms in total. The molecule has 0 spiro atoms. The van der Waals surface area contributed by atoms with Crippen LogP contribution in [0.1, 0.15) is 5.56 Å². The first-order valence-corrected chi connectivity index (χ1v) is 11.1. The number of anilines is 3. The number of morpholine rings is 1. The molecule has 0 bridgehead atoms. The Labute approximate surface area is 187 Å². The lowest BCUT2D eigenvalue weighted by Crippen LogP contribution is -2.36. The van der Waals surface area contributed by atoms with Gasteiger partial charge in [0.25, 0.3) is 0 Å². The molecule has 162 valence electrons. The molecule has 2 aromatic heterocycles. The van der Waals surface area contributed by atoms with Gasteiger partial charge >= 0.3 is 0 Å². The number of rotatable bonds is 7. The van der Waals surface area contributed by atoms with Gasteiger partial charge in [0.15, 0.2) is 0 Å². The van der Waals surface area contributed by atoms with E-state index in [1.807, 2.05) is 37.6 Å². The van der Waals surface area contributed by atoms with Gasteiger partial charge < -0.3 is 25.0 Å². The average Bonchev–Trinajstić information content (AvgIpc) is 2.83. The van der Waals surface area contributed by atoms with Crippen molar-refractivity contribution in [2.24, 2.45) is 5.73 Å². The zero-order valence-electron chi connectivity index (χ0n) is 17.9. The molecular formula is C23H28N6OS. The molecule has 0 amide bonds. The van der Waals surface area contributed by atoms with Crippen LogP contribution in [0.5, 0.6) is 0 Å². The van der Waals surface area contributed by atoms with Crippen molar-refractivity contribution >= 4 is 29.1 Å². The van der Waals surface area contributed by atoms with Gasteiger partial charge in [-0.2, -0.15) is 0 Å². The van der Waals surface area contributed by atoms with E-state index in [4.69, 9.17) is 15.5 Å². The molecule has 1 aliphatic rings. The smallest absolute Gasteiger partial charge is 0.143 e. The number of nitrogens with two attached hydrogens (primary N) is 1. The van der Waals surface area contributed by atoms with Crippen LogP contribution in [0.4, 0.5) is 17.2 Å². The van der Waals surface area contributed by atoms with Crippen LogP contribution in [-0.4, -0.2) is 50.4 Å². The highest BCUT2D eigenvalue weighted by Gasteiger charge is 2.15. The molecule has 1 aliphatic heterocycles. The van der Waals surface area contributed by atoms with Crippen LogP contribution in [0.25, 0.3) is 11.1 Å². The fourth-order valence-electron chi connectivity index (χ4n) is 3.43. The Kier molecular flexibility index (Phi) is 6.91. The normalized spacial score (nSPS) is 13.8. The lowest BCUT2D eigenvalue weighted by molar-refractivity contribution is 0.122. The van der Waals surface area contributed by atoms with Crippen LogP contribution >= 0.6 is 11.9 Å². The standard InChI is InChI=1S/C23H28N6OS/c1-28(2)23-22(12-21(16-26-23)29-7-9-30-10-8-29)31-27-20-11-19(14-25-15-20)18-5-3-17(13-24)4-6-18/h3-6,11-12,14-16,27H,7-10,13,24H2,1-2H3. The number of nitrogens with zero attached hydrogens (tertiary/aromatic N) is 4. The minimum Gasteiger partial charge on any atom is -0.378 e. The van der Waals surface area contributed by atoms with Gasteiger partial charge in [-0.1, -0.05) is 24.3 Å². The largest absolute Gasteiger partial charge is 0.378 e. The summed E-state index contributed by atoms with van der Waals surface area (Å²) >= 11 is 1.55. The Morgan fingerprint density at radius 3 is 2.55 bits per heavy atom. The predicted molar refractivity (Wildman–Crippen MR) is 129 cm³/mol. The molecule has 3 aromatic rings. The van der Waals surface area contributed by atoms with Crippen molar-refractivity contribution in [2.45, 2.75) is 11.4 Å². The minimum atomic E-state index is 0.544. The predicted octanol–water partition coefficient (Wildman–Crippen LogP) is 3.62. The highest BCUT2D eigenvalue weighted by atomic mass is 32.2. The van der Waals surface area contributed by atoms with Gasteiger partial charge in [0.1, 0.15) is 5.82 Å². The van der Waals surface area contributed by atoms with Crippen molar-refractivity contribution in [3.63, 3.8) is 0 Å². The van der Waals surface area contributed by atoms with E-state index >= 15 is 0 Å². The van der Waals surface area contributed by atoms with E-state index < -0.39 is 0 Å². The van der Waals surface area contributed by atoms with E-state index in [9.17, 15) is 0 Å². The molecule has 0 unspecified atom stereocenters. The second kappa shape index (κ2) is 10.00. The van der Waals surface area contributed by atoms with E-state index in [-0.39, 0.29) is 0 Å². The summed E-state index contributed by atoms with van der Waals surface area (Å²) in [5.41, 5.74) is 11.0. The molecule has 3 heterocycles. The second-order valence-electron chi connectivity index (χ2n) is 7.58. The van der Waals surface area contributed by atoms with Gasteiger partial charge in [-0.05, 0) is 35.2 Å². The summed E-state index contributed by atoms with van der Waals surface area (Å²) < 4.78 is 8.92. The van der Waals surface area contributed by atoms with Crippen molar-refractivity contribution < 1.29 is 4.74 Å². The summed E-state index contributed by atoms with van der Waals surface area (Å²) in [4.78, 5) is 14.5. The van der Waals surface area contributed by atoms with Crippen molar-refractivity contribution in [2.75, 3.05) is 54.9 Å². The lowest BCUT2D eigenvalue weighted by Gasteiger charge is -2.29. The first-order valence-electron chi connectivity index (χ1n) is 10.3. The number of nitrogens with one attached hydrogen (secondary N) is 1. The van der Waals surface area contributed by atoms with E-state index in [0.29, 0.717) is 6.54 Å². The fourth-order valence-corrected chi connectivity index (χ4v) is 4.28. The Morgan fingerprint density at radius 2 is 1.84 bits per heavy atom. The van der Waals surface area contributed by atoms with Crippen LogP contribution in [0.2, 0.25) is 0 Å². The lowest BCUT2D eigenvalue weighted by atomic mass is 10.1. The fraction of sp³-hybridized carbons (Fsp3) is 0.304. The van der Waals surface area contributed by atoms with Crippen LogP contribution in [-0.2, 0) is 11.3 Å². The third-order valence-electron chi connectivity index (χ3n) is 5.16. The Hall–Kier alpha value is -2.81. The van der Waals surface area contributed by atoms with Gasteiger partial charge in [-0.3, -0.25) is 4.98 Å². The zero-order valence-corrected chi connectivity index (χ0v) is 18.7. The molecule has 0 atom stereocenters. The summed E-state index contributed by atoms with van der Waals surface area (Å²) in [7, 11) is 4.02. The number of pyridine rings is 2. The monoisotopic (exact) mass is 436 g/mol. The third kappa shape index (κ3) is 5.28. The van der Waals surface area contributed by atoms with Gasteiger partial charge in [0.2, 0.25) is 0 Å². The molecule has 8 heteroatoms. The maximum Gasteiger partial charge on any atom is 0.143 e. The summed E-state index contributed by atoms with van der Waals surface area (Å²) in [6, 6.07) is 12.6. The number of hydrogen-bond acceptors (Lipinski definition) is 8. The second-order valence-corrected chi connectivity index (χ2v) is 8.42.